The van der Waals surface area contributed by atoms with Crippen molar-refractivity contribution < 1.29 is 4.79 Å². The molecule has 1 heterocycles. The summed E-state index contributed by atoms with van der Waals surface area (Å²) in [5.41, 5.74) is 3.45. The van der Waals surface area contributed by atoms with E-state index in [2.05, 4.69) is 36.3 Å². The molecule has 0 saturated carbocycles. The second-order valence-electron chi connectivity index (χ2n) is 6.09. The SMILES string of the molecule is CCC(C)c1ccc2nc(NC(=O)CCc3ccccc3)sc2c1. The van der Waals surface area contributed by atoms with Crippen LogP contribution in [0.25, 0.3) is 10.2 Å². The molecule has 2 aromatic carbocycles. The second-order valence-corrected chi connectivity index (χ2v) is 7.12. The Morgan fingerprint density at radius 2 is 2.00 bits per heavy atom. The molecule has 0 fully saturated rings. The largest absolute Gasteiger partial charge is 0.302 e. The summed E-state index contributed by atoms with van der Waals surface area (Å²) in [6.45, 7) is 4.42. The average molecular weight is 338 g/mol. The molecular formula is C20H22N2OS. The molecular weight excluding hydrogens is 316 g/mol. The van der Waals surface area contributed by atoms with Crippen LogP contribution in [0, 0.1) is 0 Å². The van der Waals surface area contributed by atoms with Gasteiger partial charge in [0.25, 0.3) is 0 Å². The third-order valence-corrected chi connectivity index (χ3v) is 5.26. The molecule has 4 heteroatoms. The third-order valence-electron chi connectivity index (χ3n) is 4.32. The van der Waals surface area contributed by atoms with E-state index >= 15 is 0 Å². The molecule has 0 spiro atoms. The second kappa shape index (κ2) is 7.58. The topological polar surface area (TPSA) is 42.0 Å². The molecule has 0 aliphatic carbocycles. The van der Waals surface area contributed by atoms with Gasteiger partial charge in [0.15, 0.2) is 5.13 Å². The molecule has 3 rings (SSSR count). The van der Waals surface area contributed by atoms with E-state index in [4.69, 9.17) is 0 Å². The molecule has 0 aliphatic rings. The van der Waals surface area contributed by atoms with Gasteiger partial charge in [-0.25, -0.2) is 4.98 Å². The summed E-state index contributed by atoms with van der Waals surface area (Å²) >= 11 is 1.55. The van der Waals surface area contributed by atoms with Crippen molar-refractivity contribution in [2.75, 3.05) is 5.32 Å². The van der Waals surface area contributed by atoms with Gasteiger partial charge >= 0.3 is 0 Å². The average Bonchev–Trinajstić information content (AvgIpc) is 3.01. The zero-order valence-corrected chi connectivity index (χ0v) is 14.9. The van der Waals surface area contributed by atoms with Crippen molar-refractivity contribution in [2.24, 2.45) is 0 Å². The van der Waals surface area contributed by atoms with Crippen molar-refractivity contribution >= 4 is 32.6 Å². The van der Waals surface area contributed by atoms with E-state index in [0.29, 0.717) is 17.5 Å². The normalized spacial score (nSPS) is 12.2. The van der Waals surface area contributed by atoms with Gasteiger partial charge in [-0.2, -0.15) is 0 Å². The van der Waals surface area contributed by atoms with Gasteiger partial charge in [0.1, 0.15) is 0 Å². The van der Waals surface area contributed by atoms with Crippen molar-refractivity contribution in [3.63, 3.8) is 0 Å². The lowest BCUT2D eigenvalue weighted by molar-refractivity contribution is -0.116. The molecule has 3 nitrogen and oxygen atoms in total. The highest BCUT2D eigenvalue weighted by Crippen LogP contribution is 2.30. The van der Waals surface area contributed by atoms with Crippen molar-refractivity contribution in [3.05, 3.63) is 59.7 Å². The number of thiazole rings is 1. The number of hydrogen-bond donors (Lipinski definition) is 1. The van der Waals surface area contributed by atoms with Gasteiger partial charge in [-0.1, -0.05) is 61.6 Å². The summed E-state index contributed by atoms with van der Waals surface area (Å²) in [6, 6.07) is 16.4. The highest BCUT2D eigenvalue weighted by Gasteiger charge is 2.10. The molecule has 1 atom stereocenters. The zero-order chi connectivity index (χ0) is 16.9. The molecule has 124 valence electrons. The van der Waals surface area contributed by atoms with Crippen LogP contribution in [0.4, 0.5) is 5.13 Å². The minimum Gasteiger partial charge on any atom is -0.302 e. The Kier molecular flexibility index (Phi) is 5.26. The summed E-state index contributed by atoms with van der Waals surface area (Å²) in [7, 11) is 0. The molecule has 1 N–H and O–H groups in total. The lowest BCUT2D eigenvalue weighted by Gasteiger charge is -2.07. The maximum atomic E-state index is 12.1. The van der Waals surface area contributed by atoms with Gasteiger partial charge in [-0.3, -0.25) is 4.79 Å². The van der Waals surface area contributed by atoms with Crippen LogP contribution in [0.2, 0.25) is 0 Å². The first kappa shape index (κ1) is 16.7. The number of amides is 1. The summed E-state index contributed by atoms with van der Waals surface area (Å²) in [6.07, 6.45) is 2.33. The van der Waals surface area contributed by atoms with Crippen LogP contribution in [0.15, 0.2) is 48.5 Å². The molecule has 0 aliphatic heterocycles. The maximum absolute atomic E-state index is 12.1. The van der Waals surface area contributed by atoms with Gasteiger partial charge in [0.2, 0.25) is 5.91 Å². The molecule has 3 aromatic rings. The number of carbonyl (C=O) groups is 1. The Morgan fingerprint density at radius 3 is 2.75 bits per heavy atom. The molecule has 0 radical (unpaired) electrons. The van der Waals surface area contributed by atoms with Crippen molar-refractivity contribution in [3.8, 4) is 0 Å². The van der Waals surface area contributed by atoms with Gasteiger partial charge in [-0.05, 0) is 42.0 Å². The van der Waals surface area contributed by atoms with Crippen molar-refractivity contribution in [2.45, 2.75) is 39.0 Å². The molecule has 0 saturated heterocycles. The first-order chi connectivity index (χ1) is 11.7. The molecule has 1 amide bonds. The lowest BCUT2D eigenvalue weighted by Crippen LogP contribution is -2.11. The number of fused-ring (bicyclic) bond motifs is 1. The standard InChI is InChI=1S/C20H22N2OS/c1-3-14(2)16-10-11-17-18(13-16)24-20(21-17)22-19(23)12-9-15-7-5-4-6-8-15/h4-8,10-11,13-14H,3,9,12H2,1-2H3,(H,21,22,23). The highest BCUT2D eigenvalue weighted by atomic mass is 32.1. The van der Waals surface area contributed by atoms with Crippen molar-refractivity contribution in [1.82, 2.24) is 4.98 Å². The Bertz CT molecular complexity index is 826. The number of anilines is 1. The van der Waals surface area contributed by atoms with E-state index < -0.39 is 0 Å². The van der Waals surface area contributed by atoms with Crippen LogP contribution in [-0.2, 0) is 11.2 Å². The van der Waals surface area contributed by atoms with E-state index in [9.17, 15) is 4.79 Å². The van der Waals surface area contributed by atoms with E-state index in [0.717, 1.165) is 23.1 Å². The fourth-order valence-corrected chi connectivity index (χ4v) is 3.55. The van der Waals surface area contributed by atoms with E-state index in [1.165, 1.54) is 11.1 Å². The smallest absolute Gasteiger partial charge is 0.226 e. The first-order valence-corrected chi connectivity index (χ1v) is 9.21. The number of rotatable bonds is 6. The minimum atomic E-state index is 0.0139. The summed E-state index contributed by atoms with van der Waals surface area (Å²) < 4.78 is 1.13. The van der Waals surface area contributed by atoms with Gasteiger partial charge in [-0.15, -0.1) is 0 Å². The predicted octanol–water partition coefficient (Wildman–Crippen LogP) is 5.38. The number of nitrogens with zero attached hydrogens (tertiary/aromatic N) is 1. The molecule has 24 heavy (non-hydrogen) atoms. The van der Waals surface area contributed by atoms with Crippen LogP contribution < -0.4 is 5.32 Å². The quantitative estimate of drug-likeness (QED) is 0.655. The molecule has 1 aromatic heterocycles. The van der Waals surface area contributed by atoms with Gasteiger partial charge in [0, 0.05) is 6.42 Å². The molecule has 1 unspecified atom stereocenters. The van der Waals surface area contributed by atoms with Gasteiger partial charge in [0.05, 0.1) is 10.2 Å². The fourth-order valence-electron chi connectivity index (χ4n) is 2.62. The van der Waals surface area contributed by atoms with Crippen LogP contribution in [0.1, 0.15) is 43.7 Å². The van der Waals surface area contributed by atoms with Crippen LogP contribution in [0.5, 0.6) is 0 Å². The predicted molar refractivity (Wildman–Crippen MR) is 102 cm³/mol. The van der Waals surface area contributed by atoms with Crippen molar-refractivity contribution in [1.29, 1.82) is 0 Å². The molecule has 0 bridgehead atoms. The Labute approximate surface area is 146 Å². The Balaban J connectivity index is 1.65. The summed E-state index contributed by atoms with van der Waals surface area (Å²) in [5, 5.41) is 3.62. The number of aryl methyl sites for hydroxylation is 1. The maximum Gasteiger partial charge on any atom is 0.226 e. The van der Waals surface area contributed by atoms with Crippen LogP contribution >= 0.6 is 11.3 Å². The Morgan fingerprint density at radius 1 is 1.21 bits per heavy atom. The summed E-state index contributed by atoms with van der Waals surface area (Å²) in [5.74, 6) is 0.556. The number of hydrogen-bond acceptors (Lipinski definition) is 3. The summed E-state index contributed by atoms with van der Waals surface area (Å²) in [4.78, 5) is 16.7. The van der Waals surface area contributed by atoms with Gasteiger partial charge < -0.3 is 5.32 Å². The van der Waals surface area contributed by atoms with Crippen LogP contribution in [-0.4, -0.2) is 10.9 Å². The third kappa shape index (κ3) is 4.01. The van der Waals surface area contributed by atoms with E-state index in [-0.39, 0.29) is 5.91 Å². The minimum absolute atomic E-state index is 0.0139. The van der Waals surface area contributed by atoms with Crippen LogP contribution in [0.3, 0.4) is 0 Å². The monoisotopic (exact) mass is 338 g/mol. The van der Waals surface area contributed by atoms with E-state index in [1.807, 2.05) is 36.4 Å². The fraction of sp³-hybridized carbons (Fsp3) is 0.300. The Hall–Kier alpha value is -2.20. The number of benzene rings is 2. The number of carbonyl (C=O) groups excluding carboxylic acids is 1. The lowest BCUT2D eigenvalue weighted by atomic mass is 9.99. The highest BCUT2D eigenvalue weighted by molar-refractivity contribution is 7.22. The first-order valence-electron chi connectivity index (χ1n) is 8.40. The van der Waals surface area contributed by atoms with E-state index in [1.54, 1.807) is 11.3 Å². The number of nitrogens with one attached hydrogen (secondary N) is 1. The number of aromatic nitrogens is 1. The zero-order valence-electron chi connectivity index (χ0n) is 14.1.